The van der Waals surface area contributed by atoms with Gasteiger partial charge in [-0.2, -0.15) is 9.42 Å². The molecule has 1 fully saturated rings. The lowest BCUT2D eigenvalue weighted by molar-refractivity contribution is -0.119. The maximum Gasteiger partial charge on any atom is 0.260 e. The Morgan fingerprint density at radius 1 is 1.19 bits per heavy atom. The molecular weight excluding hydrogens is 421 g/mol. The Balaban J connectivity index is 1.50. The van der Waals surface area contributed by atoms with Crippen molar-refractivity contribution in [2.24, 2.45) is 21.1 Å². The number of rotatable bonds is 2. The molecule has 31 heavy (non-hydrogen) atoms. The summed E-state index contributed by atoms with van der Waals surface area (Å²) < 4.78 is 41.0. The maximum atomic E-state index is 13.6. The fourth-order valence-corrected chi connectivity index (χ4v) is 6.77. The average molecular weight is 446 g/mol. The Labute approximate surface area is 180 Å². The van der Waals surface area contributed by atoms with E-state index in [0.29, 0.717) is 31.6 Å². The van der Waals surface area contributed by atoms with E-state index in [9.17, 15) is 17.6 Å². The molecule has 0 aromatic carbocycles. The molecule has 164 valence electrons. The fraction of sp³-hybridized carbons (Fsp3) is 0.524. The quantitative estimate of drug-likeness (QED) is 0.754. The summed E-state index contributed by atoms with van der Waals surface area (Å²) in [5.74, 6) is 0.169. The number of azo groups is 1. The molecule has 1 N–H and O–H groups in total. The molecule has 5 rings (SSSR count). The van der Waals surface area contributed by atoms with E-state index in [1.54, 1.807) is 0 Å². The summed E-state index contributed by atoms with van der Waals surface area (Å²) >= 11 is 0. The number of nitrogens with zero attached hydrogens (tertiary/aromatic N) is 4. The second-order valence-electron chi connectivity index (χ2n) is 9.44. The number of piperidine rings is 1. The molecule has 0 atom stereocenters. The van der Waals surface area contributed by atoms with Crippen LogP contribution in [0.4, 0.5) is 4.39 Å². The zero-order valence-electron chi connectivity index (χ0n) is 17.5. The van der Waals surface area contributed by atoms with Crippen molar-refractivity contribution >= 4 is 15.8 Å². The van der Waals surface area contributed by atoms with Gasteiger partial charge < -0.3 is 5.32 Å². The van der Waals surface area contributed by atoms with Crippen LogP contribution in [0, 0.1) is 16.6 Å². The molecule has 1 saturated heterocycles. The third-order valence-corrected chi connectivity index (χ3v) is 8.56. The zero-order valence-corrected chi connectivity index (χ0v) is 18.3. The summed E-state index contributed by atoms with van der Waals surface area (Å²) in [7, 11) is -3.92. The summed E-state index contributed by atoms with van der Waals surface area (Å²) in [6.45, 7) is 4.98. The first-order valence-corrected chi connectivity index (χ1v) is 11.8. The van der Waals surface area contributed by atoms with E-state index in [1.807, 2.05) is 0 Å². The van der Waals surface area contributed by atoms with Crippen molar-refractivity contribution in [3.63, 3.8) is 0 Å². The predicted molar refractivity (Wildman–Crippen MR) is 110 cm³/mol. The van der Waals surface area contributed by atoms with Crippen LogP contribution in [0.2, 0.25) is 0 Å². The van der Waals surface area contributed by atoms with Crippen LogP contribution in [0.25, 0.3) is 0 Å². The van der Waals surface area contributed by atoms with Crippen LogP contribution in [0.1, 0.15) is 39.5 Å². The van der Waals surface area contributed by atoms with E-state index in [2.05, 4.69) is 34.4 Å². The molecule has 8 nitrogen and oxygen atoms in total. The van der Waals surface area contributed by atoms with Gasteiger partial charge in [-0.1, -0.05) is 13.8 Å². The minimum absolute atomic E-state index is 0.111. The predicted octanol–water partition coefficient (Wildman–Crippen LogP) is 2.92. The summed E-state index contributed by atoms with van der Waals surface area (Å²) in [6, 6.07) is 2.05. The third-order valence-electron chi connectivity index (χ3n) is 6.76. The largest absolute Gasteiger partial charge is 0.342 e. The van der Waals surface area contributed by atoms with Crippen molar-refractivity contribution in [1.82, 2.24) is 14.6 Å². The molecule has 0 radical (unpaired) electrons. The van der Waals surface area contributed by atoms with Crippen LogP contribution in [0.5, 0.6) is 0 Å². The molecule has 1 aromatic heterocycles. The number of nitrogens with one attached hydrogen (secondary N) is 1. The Morgan fingerprint density at radius 3 is 2.65 bits per heavy atom. The molecule has 0 saturated carbocycles. The molecule has 0 unspecified atom stereocenters. The summed E-state index contributed by atoms with van der Waals surface area (Å²) in [5.41, 5.74) is 1.93. The van der Waals surface area contributed by atoms with Crippen LogP contribution in [0.15, 0.2) is 56.2 Å². The van der Waals surface area contributed by atoms with E-state index < -0.39 is 21.3 Å². The summed E-state index contributed by atoms with van der Waals surface area (Å²) in [4.78, 5) is 17.1. The maximum absolute atomic E-state index is 13.6. The van der Waals surface area contributed by atoms with Gasteiger partial charge >= 0.3 is 0 Å². The Kier molecular flexibility index (Phi) is 4.46. The standard InChI is InChI=1S/C21H24FN5O3S/c1-20(2)10-15-18(16(28)11-20)21(14-12-24-26-19(14)25-15)4-7-27(8-5-21)31(29,30)17-9-13(22)3-6-23-17/h3,6,9,25H,4-5,7-8,10-12H2,1-2H3. The first-order valence-electron chi connectivity index (χ1n) is 10.4. The topological polar surface area (TPSA) is 104 Å². The molecule has 1 aromatic rings. The fourth-order valence-electron chi connectivity index (χ4n) is 5.39. The molecule has 0 bridgehead atoms. The first kappa shape index (κ1) is 20.4. The highest BCUT2D eigenvalue weighted by Crippen LogP contribution is 2.55. The lowest BCUT2D eigenvalue weighted by Gasteiger charge is -2.48. The number of hydrogen-bond acceptors (Lipinski definition) is 7. The van der Waals surface area contributed by atoms with Crippen molar-refractivity contribution in [2.45, 2.75) is 44.6 Å². The monoisotopic (exact) mass is 445 g/mol. The second kappa shape index (κ2) is 6.77. The van der Waals surface area contributed by atoms with Gasteiger partial charge in [-0.05, 0) is 30.7 Å². The number of dihydropyridines is 1. The van der Waals surface area contributed by atoms with Gasteiger partial charge in [0.15, 0.2) is 16.6 Å². The summed E-state index contributed by atoms with van der Waals surface area (Å²) in [6.07, 6.45) is 3.26. The normalized spacial score (nSPS) is 24.9. The Hall–Kier alpha value is -2.46. The molecule has 4 heterocycles. The van der Waals surface area contributed by atoms with E-state index in [4.69, 9.17) is 0 Å². The zero-order chi connectivity index (χ0) is 22.0. The molecule has 10 heteroatoms. The number of sulfonamides is 1. The van der Waals surface area contributed by atoms with Crippen molar-refractivity contribution < 1.29 is 17.6 Å². The van der Waals surface area contributed by atoms with Crippen molar-refractivity contribution in [1.29, 1.82) is 0 Å². The number of pyridine rings is 1. The number of aromatic nitrogens is 1. The number of halogens is 1. The SMILES string of the molecule is CC1(C)CC(=O)C2=C(C1)NC1=C(CN=N1)C21CCN(S(=O)(=O)c2cc(F)ccn2)CC1. The first-order chi connectivity index (χ1) is 14.6. The van der Waals surface area contributed by atoms with Crippen molar-refractivity contribution in [2.75, 3.05) is 19.6 Å². The number of carbonyl (C=O) groups excluding carboxylic acids is 1. The molecule has 4 aliphatic rings. The van der Waals surface area contributed by atoms with Crippen LogP contribution in [-0.2, 0) is 14.8 Å². The van der Waals surface area contributed by atoms with Crippen LogP contribution < -0.4 is 5.32 Å². The van der Waals surface area contributed by atoms with Gasteiger partial charge in [0.25, 0.3) is 10.0 Å². The third kappa shape index (κ3) is 3.15. The lowest BCUT2D eigenvalue weighted by atomic mass is 9.60. The average Bonchev–Trinajstić information content (AvgIpc) is 3.16. The number of carbonyl (C=O) groups is 1. The highest BCUT2D eigenvalue weighted by Gasteiger charge is 2.53. The minimum Gasteiger partial charge on any atom is -0.342 e. The highest BCUT2D eigenvalue weighted by molar-refractivity contribution is 7.89. The van der Waals surface area contributed by atoms with Gasteiger partial charge in [0, 0.05) is 54.0 Å². The van der Waals surface area contributed by atoms with Gasteiger partial charge in [0.2, 0.25) is 0 Å². The van der Waals surface area contributed by atoms with Gasteiger partial charge in [0.05, 0.1) is 6.54 Å². The smallest absolute Gasteiger partial charge is 0.260 e. The molecule has 0 amide bonds. The lowest BCUT2D eigenvalue weighted by Crippen LogP contribution is -2.50. The number of Topliss-reactive ketones (excluding diaryl/α,β-unsaturated/α-hetero) is 1. The molecule has 3 aliphatic heterocycles. The van der Waals surface area contributed by atoms with E-state index in [1.165, 1.54) is 4.31 Å². The van der Waals surface area contributed by atoms with Crippen molar-refractivity contribution in [3.05, 3.63) is 46.8 Å². The van der Waals surface area contributed by atoms with Gasteiger partial charge in [-0.25, -0.2) is 17.8 Å². The number of allylic oxidation sites excluding steroid dienone is 2. The van der Waals surface area contributed by atoms with Crippen LogP contribution in [-0.4, -0.2) is 43.1 Å². The van der Waals surface area contributed by atoms with E-state index in [0.717, 1.165) is 41.6 Å². The minimum atomic E-state index is -3.92. The van der Waals surface area contributed by atoms with Crippen LogP contribution in [0.3, 0.4) is 0 Å². The van der Waals surface area contributed by atoms with E-state index >= 15 is 0 Å². The van der Waals surface area contributed by atoms with E-state index in [-0.39, 0.29) is 29.3 Å². The molecule has 1 aliphatic carbocycles. The van der Waals surface area contributed by atoms with Crippen LogP contribution >= 0.6 is 0 Å². The molecule has 1 spiro atoms. The Bertz CT molecular complexity index is 1180. The van der Waals surface area contributed by atoms with Gasteiger partial charge in [0.1, 0.15) is 5.82 Å². The second-order valence-corrected chi connectivity index (χ2v) is 11.3. The summed E-state index contributed by atoms with van der Waals surface area (Å²) in [5, 5.41) is 11.5. The van der Waals surface area contributed by atoms with Gasteiger partial charge in [-0.15, -0.1) is 5.11 Å². The van der Waals surface area contributed by atoms with Crippen molar-refractivity contribution in [3.8, 4) is 0 Å². The highest BCUT2D eigenvalue weighted by atomic mass is 32.2. The number of fused-ring (bicyclic) bond motifs is 2. The van der Waals surface area contributed by atoms with Gasteiger partial charge in [-0.3, -0.25) is 4.79 Å². The number of ketones is 1. The number of hydrogen-bond donors (Lipinski definition) is 1. The Morgan fingerprint density at radius 2 is 1.94 bits per heavy atom. The molecular formula is C21H24FN5O3S.